The zero-order valence-electron chi connectivity index (χ0n) is 15.0. The number of alkyl halides is 1. The van der Waals surface area contributed by atoms with E-state index in [2.05, 4.69) is 45.8 Å². The van der Waals surface area contributed by atoms with Gasteiger partial charge in [-0.1, -0.05) is 32.1 Å². The van der Waals surface area contributed by atoms with Gasteiger partial charge in [0.25, 0.3) is 5.91 Å². The maximum atomic E-state index is 12.9. The molecular weight excluding hydrogens is 332 g/mol. The molecule has 0 bridgehead atoms. The summed E-state index contributed by atoms with van der Waals surface area (Å²) in [7, 11) is 4.10. The van der Waals surface area contributed by atoms with E-state index in [1.54, 1.807) is 0 Å². The minimum Gasteiger partial charge on any atom is -0.472 e. The van der Waals surface area contributed by atoms with Crippen LogP contribution in [-0.4, -0.2) is 17.3 Å². The number of fused-ring (bicyclic) bond motifs is 1. The average molecular weight is 357 g/mol. The third-order valence-corrected chi connectivity index (χ3v) is 7.47. The molecule has 3 aliphatic rings. The van der Waals surface area contributed by atoms with Crippen molar-refractivity contribution >= 4 is 28.8 Å². The Labute approximate surface area is 154 Å². The minimum absolute atomic E-state index is 0.00392. The molecule has 4 atom stereocenters. The van der Waals surface area contributed by atoms with E-state index < -0.39 is 0 Å². The van der Waals surface area contributed by atoms with Crippen LogP contribution in [-0.2, 0) is 10.2 Å². The maximum absolute atomic E-state index is 12.9. The summed E-state index contributed by atoms with van der Waals surface area (Å²) in [5.74, 6) is 0.219. The highest BCUT2D eigenvalue weighted by Crippen LogP contribution is 2.58. The van der Waals surface area contributed by atoms with Gasteiger partial charge >= 0.3 is 0 Å². The maximum Gasteiger partial charge on any atom is 0.256 e. The predicted octanol–water partition coefficient (Wildman–Crippen LogP) is 3.23. The fraction of sp³-hybridized carbons (Fsp3) is 0.429. The highest BCUT2D eigenvalue weighted by molar-refractivity contribution is 6.33. The van der Waals surface area contributed by atoms with Gasteiger partial charge in [-0.2, -0.15) is 7.05 Å². The third-order valence-electron chi connectivity index (χ3n) is 6.82. The lowest BCUT2D eigenvalue weighted by Crippen LogP contribution is -2.90. The number of amides is 1. The van der Waals surface area contributed by atoms with Crippen LogP contribution < -0.4 is 10.6 Å². The smallest absolute Gasteiger partial charge is 0.256 e. The Balaban J connectivity index is 2.08. The molecule has 4 unspecified atom stereocenters. The molecule has 1 amide bonds. The second kappa shape index (κ2) is 5.21. The fourth-order valence-electron chi connectivity index (χ4n) is 5.21. The minimum atomic E-state index is -0.312. The molecule has 4 rings (SSSR count). The topological polar surface area (TPSA) is 45.7 Å². The van der Waals surface area contributed by atoms with Crippen molar-refractivity contribution in [2.24, 2.45) is 11.3 Å². The SMILES string of the molecule is C=CC1(C)C(Cl)CC2C(=C3C(=O)Nc4cccc(c43)C2(C)C)C1[NH2+][CH2-]. The van der Waals surface area contributed by atoms with Gasteiger partial charge in [-0.3, -0.25) is 4.79 Å². The summed E-state index contributed by atoms with van der Waals surface area (Å²) in [5, 5.41) is 4.97. The first kappa shape index (κ1) is 16.9. The largest absolute Gasteiger partial charge is 0.472 e. The molecule has 132 valence electrons. The number of hydrogen-bond donors (Lipinski definition) is 2. The molecule has 2 aliphatic carbocycles. The normalized spacial score (nSPS) is 35.1. The molecule has 1 aliphatic heterocycles. The standard InChI is InChI=1S/C21H25ClN2O/c1-6-21(4)14(22)10-12-16(18(21)23-5)17-15-11(20(12,2)3)8-7-9-13(15)24-19(17)25/h6-9,12,14,18H,1,5,10,23H2,2-4H3,(H,24,25). The molecule has 4 heteroatoms. The summed E-state index contributed by atoms with van der Waals surface area (Å²) in [4.78, 5) is 12.9. The van der Waals surface area contributed by atoms with Crippen LogP contribution in [0.2, 0.25) is 0 Å². The Morgan fingerprint density at radius 1 is 1.40 bits per heavy atom. The molecule has 3 N–H and O–H groups in total. The number of anilines is 1. The lowest BCUT2D eigenvalue weighted by molar-refractivity contribution is -0.639. The molecule has 0 saturated heterocycles. The second-order valence-corrected chi connectivity index (χ2v) is 8.80. The number of hydrogen-bond acceptors (Lipinski definition) is 1. The fourth-order valence-corrected chi connectivity index (χ4v) is 5.61. The van der Waals surface area contributed by atoms with Crippen LogP contribution >= 0.6 is 11.6 Å². The van der Waals surface area contributed by atoms with Gasteiger partial charge in [0.1, 0.15) is 0 Å². The highest BCUT2D eigenvalue weighted by atomic mass is 35.5. The highest BCUT2D eigenvalue weighted by Gasteiger charge is 2.57. The number of halogens is 1. The summed E-state index contributed by atoms with van der Waals surface area (Å²) in [6.45, 7) is 10.7. The Morgan fingerprint density at radius 3 is 2.76 bits per heavy atom. The van der Waals surface area contributed by atoms with Crippen molar-refractivity contribution in [2.45, 2.75) is 44.0 Å². The van der Waals surface area contributed by atoms with Gasteiger partial charge in [-0.25, -0.2) is 0 Å². The Kier molecular flexibility index (Phi) is 3.52. The van der Waals surface area contributed by atoms with Crippen LogP contribution in [0, 0.1) is 18.4 Å². The van der Waals surface area contributed by atoms with Crippen molar-refractivity contribution in [2.75, 3.05) is 5.32 Å². The van der Waals surface area contributed by atoms with Gasteiger partial charge < -0.3 is 10.6 Å². The quantitative estimate of drug-likeness (QED) is 0.477. The molecular formula is C21H25ClN2O. The zero-order chi connectivity index (χ0) is 18.1. The molecule has 1 fully saturated rings. The van der Waals surface area contributed by atoms with E-state index in [1.165, 1.54) is 11.1 Å². The Bertz CT molecular complexity index is 825. The molecule has 1 aromatic carbocycles. The van der Waals surface area contributed by atoms with E-state index in [0.717, 1.165) is 23.2 Å². The lowest BCUT2D eigenvalue weighted by atomic mass is 9.53. The third kappa shape index (κ3) is 1.94. The average Bonchev–Trinajstić information content (AvgIpc) is 2.91. The molecule has 1 heterocycles. The van der Waals surface area contributed by atoms with E-state index in [-0.39, 0.29) is 34.1 Å². The molecule has 0 radical (unpaired) electrons. The molecule has 1 aromatic rings. The summed E-state index contributed by atoms with van der Waals surface area (Å²) in [6.07, 6.45) is 2.78. The van der Waals surface area contributed by atoms with Crippen molar-refractivity contribution in [3.8, 4) is 0 Å². The van der Waals surface area contributed by atoms with Crippen molar-refractivity contribution in [3.05, 3.63) is 54.6 Å². The number of nitrogens with two attached hydrogens (primary N) is 1. The lowest BCUT2D eigenvalue weighted by Gasteiger charge is -2.53. The number of nitrogens with one attached hydrogen (secondary N) is 1. The second-order valence-electron chi connectivity index (χ2n) is 8.27. The van der Waals surface area contributed by atoms with Gasteiger partial charge in [0.15, 0.2) is 0 Å². The van der Waals surface area contributed by atoms with Gasteiger partial charge in [-0.15, -0.1) is 18.2 Å². The van der Waals surface area contributed by atoms with Gasteiger partial charge in [0.05, 0.1) is 17.0 Å². The number of rotatable bonds is 2. The molecule has 3 nitrogen and oxygen atoms in total. The van der Waals surface area contributed by atoms with E-state index >= 15 is 0 Å². The van der Waals surface area contributed by atoms with Gasteiger partial charge in [0.2, 0.25) is 0 Å². The first-order valence-electron chi connectivity index (χ1n) is 8.86. The number of benzene rings is 1. The van der Waals surface area contributed by atoms with E-state index in [4.69, 9.17) is 11.6 Å². The number of carbonyl (C=O) groups excluding carboxylic acids is 1. The van der Waals surface area contributed by atoms with Crippen molar-refractivity contribution in [3.63, 3.8) is 0 Å². The molecule has 25 heavy (non-hydrogen) atoms. The molecule has 0 spiro atoms. The summed E-state index contributed by atoms with van der Waals surface area (Å²) >= 11 is 6.87. The zero-order valence-corrected chi connectivity index (χ0v) is 15.8. The van der Waals surface area contributed by atoms with Crippen LogP contribution in [0.3, 0.4) is 0 Å². The molecule has 0 aromatic heterocycles. The molecule has 1 saturated carbocycles. The van der Waals surface area contributed by atoms with Crippen LogP contribution in [0.25, 0.3) is 5.57 Å². The first-order chi connectivity index (χ1) is 11.8. The van der Waals surface area contributed by atoms with E-state index in [1.807, 2.05) is 23.5 Å². The summed E-state index contributed by atoms with van der Waals surface area (Å²) in [6, 6.07) is 6.18. The van der Waals surface area contributed by atoms with Crippen LogP contribution in [0.4, 0.5) is 5.69 Å². The van der Waals surface area contributed by atoms with Crippen molar-refractivity contribution < 1.29 is 10.1 Å². The Hall–Kier alpha value is -1.58. The van der Waals surface area contributed by atoms with Gasteiger partial charge in [-0.05, 0) is 36.3 Å². The van der Waals surface area contributed by atoms with Crippen LogP contribution in [0.15, 0.2) is 36.4 Å². The van der Waals surface area contributed by atoms with E-state index in [0.29, 0.717) is 0 Å². The Morgan fingerprint density at radius 2 is 2.12 bits per heavy atom. The number of quaternary nitrogens is 1. The summed E-state index contributed by atoms with van der Waals surface area (Å²) < 4.78 is 0. The first-order valence-corrected chi connectivity index (χ1v) is 9.30. The monoisotopic (exact) mass is 356 g/mol. The summed E-state index contributed by atoms with van der Waals surface area (Å²) in [5.41, 5.74) is 4.87. The van der Waals surface area contributed by atoms with Crippen LogP contribution in [0.5, 0.6) is 0 Å². The number of carbonyl (C=O) groups is 1. The predicted molar refractivity (Wildman–Crippen MR) is 102 cm³/mol. The van der Waals surface area contributed by atoms with Gasteiger partial charge in [0, 0.05) is 22.2 Å². The van der Waals surface area contributed by atoms with Crippen molar-refractivity contribution in [1.82, 2.24) is 0 Å². The van der Waals surface area contributed by atoms with Crippen molar-refractivity contribution in [1.29, 1.82) is 0 Å². The van der Waals surface area contributed by atoms with E-state index in [9.17, 15) is 4.79 Å². The van der Waals surface area contributed by atoms with Crippen LogP contribution in [0.1, 0.15) is 38.3 Å².